The maximum atomic E-state index is 12.6. The van der Waals surface area contributed by atoms with Crippen molar-refractivity contribution in [2.45, 2.75) is 13.2 Å². The van der Waals surface area contributed by atoms with Gasteiger partial charge < -0.3 is 4.74 Å². The third-order valence-corrected chi connectivity index (χ3v) is 5.69. The van der Waals surface area contributed by atoms with Crippen molar-refractivity contribution in [3.63, 3.8) is 0 Å². The molecule has 2 aromatic rings. The van der Waals surface area contributed by atoms with Gasteiger partial charge in [0, 0.05) is 29.8 Å². The van der Waals surface area contributed by atoms with Crippen molar-refractivity contribution in [2.24, 2.45) is 0 Å². The first-order valence-electron chi connectivity index (χ1n) is 9.14. The molecular weight excluding hydrogens is 513 g/mol. The van der Waals surface area contributed by atoms with Gasteiger partial charge in [0.2, 0.25) is 6.23 Å². The predicted molar refractivity (Wildman–Crippen MR) is 119 cm³/mol. The maximum absolute atomic E-state index is 12.6. The van der Waals surface area contributed by atoms with E-state index in [1.807, 2.05) is 0 Å². The van der Waals surface area contributed by atoms with E-state index in [9.17, 15) is 14.4 Å². The highest BCUT2D eigenvalue weighted by Gasteiger charge is 2.46. The molecule has 4 amide bonds. The van der Waals surface area contributed by atoms with Gasteiger partial charge in [-0.15, -0.1) is 0 Å². The standard InChI is InChI=1S/C20H18BrCl2N3O5/c1-3-25(17(27)11-30-14-8-9-15(22)16(23)10-14)31-19-18(28)24(2)20(29)26(19)13-6-4-12(21)5-7-13/h4-10,19H,3,11H2,1-2H3. The summed E-state index contributed by atoms with van der Waals surface area (Å²) in [5.74, 6) is -0.786. The number of carbonyl (C=O) groups is 3. The summed E-state index contributed by atoms with van der Waals surface area (Å²) in [6.07, 6.45) is -1.33. The Morgan fingerprint density at radius 1 is 1.13 bits per heavy atom. The lowest BCUT2D eigenvalue weighted by atomic mass is 10.3. The van der Waals surface area contributed by atoms with E-state index >= 15 is 0 Å². The smallest absolute Gasteiger partial charge is 0.333 e. The van der Waals surface area contributed by atoms with E-state index in [-0.39, 0.29) is 13.2 Å². The zero-order valence-electron chi connectivity index (χ0n) is 16.5. The van der Waals surface area contributed by atoms with Crippen molar-refractivity contribution in [1.82, 2.24) is 9.96 Å². The molecule has 0 N–H and O–H groups in total. The van der Waals surface area contributed by atoms with E-state index in [1.165, 1.54) is 18.0 Å². The third-order valence-electron chi connectivity index (χ3n) is 4.42. The van der Waals surface area contributed by atoms with Crippen LogP contribution in [0.15, 0.2) is 46.9 Å². The normalized spacial score (nSPS) is 16.1. The molecule has 2 aromatic carbocycles. The fourth-order valence-electron chi connectivity index (χ4n) is 2.79. The van der Waals surface area contributed by atoms with Crippen LogP contribution in [-0.2, 0) is 14.4 Å². The number of hydrogen-bond donors (Lipinski definition) is 0. The highest BCUT2D eigenvalue weighted by Crippen LogP contribution is 2.28. The van der Waals surface area contributed by atoms with Crippen molar-refractivity contribution in [1.29, 1.82) is 0 Å². The summed E-state index contributed by atoms with van der Waals surface area (Å²) >= 11 is 15.1. The molecule has 1 saturated heterocycles. The molecule has 11 heteroatoms. The summed E-state index contributed by atoms with van der Waals surface area (Å²) in [5, 5.41) is 1.64. The zero-order chi connectivity index (χ0) is 22.7. The van der Waals surface area contributed by atoms with E-state index < -0.39 is 24.1 Å². The molecule has 1 atom stereocenters. The van der Waals surface area contributed by atoms with Gasteiger partial charge in [-0.2, -0.15) is 0 Å². The molecule has 0 bridgehead atoms. The van der Waals surface area contributed by atoms with Crippen LogP contribution in [0.25, 0.3) is 0 Å². The minimum Gasteiger partial charge on any atom is -0.484 e. The number of benzene rings is 2. The monoisotopic (exact) mass is 529 g/mol. The molecule has 0 aromatic heterocycles. The number of ether oxygens (including phenoxy) is 1. The number of nitrogens with zero attached hydrogens (tertiary/aromatic N) is 3. The van der Waals surface area contributed by atoms with E-state index in [0.717, 1.165) is 14.4 Å². The van der Waals surface area contributed by atoms with Crippen molar-refractivity contribution < 1.29 is 24.0 Å². The van der Waals surface area contributed by atoms with Gasteiger partial charge >= 0.3 is 6.03 Å². The average Bonchev–Trinajstić information content (AvgIpc) is 2.96. The van der Waals surface area contributed by atoms with Crippen LogP contribution in [0.5, 0.6) is 5.75 Å². The number of rotatable bonds is 7. The number of amides is 4. The van der Waals surface area contributed by atoms with Crippen LogP contribution in [0.3, 0.4) is 0 Å². The summed E-state index contributed by atoms with van der Waals surface area (Å²) in [6, 6.07) is 10.8. The highest BCUT2D eigenvalue weighted by molar-refractivity contribution is 9.10. The molecule has 1 aliphatic heterocycles. The Bertz CT molecular complexity index is 1000. The van der Waals surface area contributed by atoms with Gasteiger partial charge in [-0.05, 0) is 43.3 Å². The first-order valence-corrected chi connectivity index (χ1v) is 10.7. The predicted octanol–water partition coefficient (Wildman–Crippen LogP) is 4.34. The molecule has 1 aliphatic rings. The molecule has 3 rings (SSSR count). The van der Waals surface area contributed by atoms with Crippen LogP contribution in [-0.4, -0.2) is 54.2 Å². The second-order valence-electron chi connectivity index (χ2n) is 6.44. The minimum absolute atomic E-state index is 0.124. The van der Waals surface area contributed by atoms with Gasteiger partial charge in [-0.3, -0.25) is 19.4 Å². The van der Waals surface area contributed by atoms with E-state index in [4.69, 9.17) is 32.8 Å². The van der Waals surface area contributed by atoms with Crippen LogP contribution in [0.1, 0.15) is 6.92 Å². The fraction of sp³-hybridized carbons (Fsp3) is 0.250. The minimum atomic E-state index is -1.33. The van der Waals surface area contributed by atoms with Gasteiger partial charge in [-0.1, -0.05) is 39.1 Å². The van der Waals surface area contributed by atoms with Crippen molar-refractivity contribution >= 4 is 62.7 Å². The van der Waals surface area contributed by atoms with Gasteiger partial charge in [0.05, 0.1) is 10.0 Å². The molecule has 1 fully saturated rings. The quantitative estimate of drug-likeness (QED) is 0.393. The van der Waals surface area contributed by atoms with Crippen molar-refractivity contribution in [3.05, 3.63) is 57.0 Å². The van der Waals surface area contributed by atoms with Crippen LogP contribution in [0.2, 0.25) is 10.0 Å². The number of carbonyl (C=O) groups excluding carboxylic acids is 3. The number of anilines is 1. The molecule has 0 saturated carbocycles. The molecule has 0 aliphatic carbocycles. The lowest BCUT2D eigenvalue weighted by Gasteiger charge is -2.27. The summed E-state index contributed by atoms with van der Waals surface area (Å²) in [5.41, 5.74) is 0.450. The topological polar surface area (TPSA) is 79.4 Å². The average molecular weight is 531 g/mol. The first kappa shape index (κ1) is 23.3. The first-order chi connectivity index (χ1) is 14.7. The second kappa shape index (κ2) is 9.86. The van der Waals surface area contributed by atoms with Crippen LogP contribution in [0, 0.1) is 0 Å². The summed E-state index contributed by atoms with van der Waals surface area (Å²) in [7, 11) is 1.35. The number of hydrogen-bond acceptors (Lipinski definition) is 5. The molecule has 31 heavy (non-hydrogen) atoms. The molecule has 1 heterocycles. The number of hydroxylamine groups is 2. The van der Waals surface area contributed by atoms with E-state index in [0.29, 0.717) is 21.5 Å². The summed E-state index contributed by atoms with van der Waals surface area (Å²) < 4.78 is 6.26. The molecule has 1 unspecified atom stereocenters. The lowest BCUT2D eigenvalue weighted by molar-refractivity contribution is -0.205. The summed E-state index contributed by atoms with van der Waals surface area (Å²) in [6.45, 7) is 1.43. The Balaban J connectivity index is 1.73. The zero-order valence-corrected chi connectivity index (χ0v) is 19.6. The Hall–Kier alpha value is -2.33. The number of halogens is 3. The fourth-order valence-corrected chi connectivity index (χ4v) is 3.34. The van der Waals surface area contributed by atoms with Gasteiger partial charge in [0.15, 0.2) is 6.61 Å². The molecule has 8 nitrogen and oxygen atoms in total. The van der Waals surface area contributed by atoms with Crippen LogP contribution < -0.4 is 9.64 Å². The van der Waals surface area contributed by atoms with Gasteiger partial charge in [-0.25, -0.2) is 14.7 Å². The largest absolute Gasteiger partial charge is 0.484 e. The van der Waals surface area contributed by atoms with E-state index in [2.05, 4.69) is 15.9 Å². The SMILES string of the molecule is CCN(OC1C(=O)N(C)C(=O)N1c1ccc(Br)cc1)C(=O)COc1ccc(Cl)c(Cl)c1. The van der Waals surface area contributed by atoms with Gasteiger partial charge in [0.1, 0.15) is 5.75 Å². The third kappa shape index (κ3) is 5.12. The lowest BCUT2D eigenvalue weighted by Crippen LogP contribution is -2.46. The Labute approximate surface area is 197 Å². The number of likely N-dealkylation sites (N-methyl/N-ethyl adjacent to an activating group) is 2. The van der Waals surface area contributed by atoms with Crippen LogP contribution in [0.4, 0.5) is 10.5 Å². The van der Waals surface area contributed by atoms with Crippen molar-refractivity contribution in [2.75, 3.05) is 25.1 Å². The van der Waals surface area contributed by atoms with Crippen molar-refractivity contribution in [3.8, 4) is 5.75 Å². The molecule has 164 valence electrons. The number of imide groups is 1. The Kier molecular flexibility index (Phi) is 7.42. The summed E-state index contributed by atoms with van der Waals surface area (Å²) in [4.78, 5) is 45.6. The van der Waals surface area contributed by atoms with E-state index in [1.54, 1.807) is 43.3 Å². The second-order valence-corrected chi connectivity index (χ2v) is 8.17. The molecular formula is C20H18BrCl2N3O5. The molecule has 0 spiro atoms. The highest BCUT2D eigenvalue weighted by atomic mass is 79.9. The van der Waals surface area contributed by atoms with Crippen LogP contribution >= 0.6 is 39.1 Å². The Morgan fingerprint density at radius 3 is 2.42 bits per heavy atom. The molecule has 0 radical (unpaired) electrons. The Morgan fingerprint density at radius 2 is 1.81 bits per heavy atom. The van der Waals surface area contributed by atoms with Gasteiger partial charge in [0.25, 0.3) is 11.8 Å². The number of urea groups is 1. The maximum Gasteiger partial charge on any atom is 0.333 e.